The van der Waals surface area contributed by atoms with Gasteiger partial charge in [0.25, 0.3) is 0 Å². The highest BCUT2D eigenvalue weighted by Gasteiger charge is 1.94. The minimum Gasteiger partial charge on any atom is -0.410 e. The van der Waals surface area contributed by atoms with Crippen LogP contribution in [0.5, 0.6) is 0 Å². The van der Waals surface area contributed by atoms with Crippen molar-refractivity contribution in [2.24, 2.45) is 0 Å². The fourth-order valence-electron chi connectivity index (χ4n) is 0.480. The van der Waals surface area contributed by atoms with Crippen molar-refractivity contribution in [2.75, 3.05) is 0 Å². The fourth-order valence-corrected chi connectivity index (χ4v) is 0.480. The molecule has 1 N–H and O–H groups in total. The zero-order valence-electron chi connectivity index (χ0n) is 4.78. The summed E-state index contributed by atoms with van der Waals surface area (Å²) < 4.78 is 0. The number of allylic oxidation sites excluding steroid dienone is 1. The van der Waals surface area contributed by atoms with Gasteiger partial charge in [-0.3, -0.25) is 0 Å². The lowest BCUT2D eigenvalue weighted by Gasteiger charge is -1.78. The zero-order valence-corrected chi connectivity index (χ0v) is 4.78. The Hall–Kier alpha value is -1.32. The molecule has 0 atom stereocenters. The first-order chi connectivity index (χ1) is 4.33. The Morgan fingerprint density at radius 2 is 2.67 bits per heavy atom. The van der Waals surface area contributed by atoms with Gasteiger partial charge in [0.1, 0.15) is 5.69 Å². The van der Waals surface area contributed by atoms with Crippen LogP contribution in [0.3, 0.4) is 0 Å². The number of hydrogen-bond acceptors (Lipinski definition) is 3. The normalized spacial score (nSPS) is 9.33. The highest BCUT2D eigenvalue weighted by Crippen LogP contribution is 1.89. The van der Waals surface area contributed by atoms with E-state index in [2.05, 4.69) is 23.1 Å². The summed E-state index contributed by atoms with van der Waals surface area (Å²) in [4.78, 5) is 0.554. The van der Waals surface area contributed by atoms with E-state index in [1.165, 1.54) is 0 Å². The molecule has 1 rings (SSSR count). The predicted molar refractivity (Wildman–Crippen MR) is 29.9 cm³/mol. The standard InChI is InChI=1S/C5H6N3O/c1-2-3-5-4-8(9)7-6-5/h2,9H,1,3H2. The predicted octanol–water partition coefficient (Wildman–Crippen LogP) is 0.0441. The zero-order chi connectivity index (χ0) is 6.69. The van der Waals surface area contributed by atoms with Crippen LogP contribution >= 0.6 is 0 Å². The average Bonchev–Trinajstić information content (AvgIpc) is 2.17. The lowest BCUT2D eigenvalue weighted by atomic mass is 10.3. The fraction of sp³-hybridized carbons (Fsp3) is 0.200. The van der Waals surface area contributed by atoms with E-state index in [4.69, 9.17) is 5.21 Å². The minimum atomic E-state index is 0.554. The van der Waals surface area contributed by atoms with Crippen molar-refractivity contribution in [3.05, 3.63) is 24.5 Å². The summed E-state index contributed by atoms with van der Waals surface area (Å²) in [6.07, 6.45) is 4.71. The Morgan fingerprint density at radius 1 is 1.89 bits per heavy atom. The molecule has 0 saturated heterocycles. The summed E-state index contributed by atoms with van der Waals surface area (Å²) in [6.45, 7) is 3.49. The molecule has 0 bridgehead atoms. The first-order valence-electron chi connectivity index (χ1n) is 2.47. The van der Waals surface area contributed by atoms with Crippen LogP contribution in [0.4, 0.5) is 0 Å². The van der Waals surface area contributed by atoms with E-state index < -0.39 is 0 Å². The van der Waals surface area contributed by atoms with E-state index >= 15 is 0 Å². The molecule has 0 aliphatic rings. The van der Waals surface area contributed by atoms with E-state index in [1.54, 1.807) is 6.08 Å². The van der Waals surface area contributed by atoms with Gasteiger partial charge in [-0.15, -0.1) is 11.7 Å². The molecule has 1 aromatic rings. The smallest absolute Gasteiger partial charge is 0.157 e. The van der Waals surface area contributed by atoms with Crippen LogP contribution in [0.15, 0.2) is 12.7 Å². The molecule has 0 unspecified atom stereocenters. The SMILES string of the molecule is C=CCc1[c]n(O)nn1. The molecule has 0 spiro atoms. The van der Waals surface area contributed by atoms with Crippen LogP contribution in [0, 0.1) is 6.20 Å². The Morgan fingerprint density at radius 3 is 3.11 bits per heavy atom. The molecular formula is C5H6N3O. The molecular weight excluding hydrogens is 118 g/mol. The van der Waals surface area contributed by atoms with Crippen molar-refractivity contribution < 1.29 is 5.21 Å². The summed E-state index contributed by atoms with van der Waals surface area (Å²) in [5, 5.41) is 15.3. The molecule has 0 amide bonds. The van der Waals surface area contributed by atoms with Crippen LogP contribution in [-0.2, 0) is 6.42 Å². The van der Waals surface area contributed by atoms with Crippen molar-refractivity contribution in [1.82, 2.24) is 15.2 Å². The van der Waals surface area contributed by atoms with Gasteiger partial charge in [0.2, 0.25) is 0 Å². The second-order valence-electron chi connectivity index (χ2n) is 1.53. The monoisotopic (exact) mass is 124 g/mol. The van der Waals surface area contributed by atoms with Gasteiger partial charge in [-0.2, -0.15) is 0 Å². The Kier molecular flexibility index (Phi) is 1.48. The van der Waals surface area contributed by atoms with Crippen LogP contribution in [0.2, 0.25) is 0 Å². The number of aromatic nitrogens is 3. The molecule has 1 aromatic heterocycles. The molecule has 9 heavy (non-hydrogen) atoms. The van der Waals surface area contributed by atoms with Crippen molar-refractivity contribution in [1.29, 1.82) is 0 Å². The van der Waals surface area contributed by atoms with Crippen molar-refractivity contribution in [3.63, 3.8) is 0 Å². The molecule has 4 nitrogen and oxygen atoms in total. The molecule has 47 valence electrons. The van der Waals surface area contributed by atoms with Gasteiger partial charge in [0.15, 0.2) is 6.20 Å². The van der Waals surface area contributed by atoms with E-state index in [-0.39, 0.29) is 0 Å². The number of rotatable bonds is 2. The quantitative estimate of drug-likeness (QED) is 0.447. The van der Waals surface area contributed by atoms with E-state index in [0.717, 1.165) is 0 Å². The molecule has 0 aliphatic heterocycles. The minimum absolute atomic E-state index is 0.554. The molecule has 1 heterocycles. The third-order valence-electron chi connectivity index (χ3n) is 0.817. The lowest BCUT2D eigenvalue weighted by Crippen LogP contribution is -1.88. The molecule has 4 heteroatoms. The highest BCUT2D eigenvalue weighted by atomic mass is 16.5. The molecule has 0 aliphatic carbocycles. The Labute approximate surface area is 52.4 Å². The number of hydrogen-bond donors (Lipinski definition) is 1. The first-order valence-corrected chi connectivity index (χ1v) is 2.47. The maximum Gasteiger partial charge on any atom is 0.157 e. The summed E-state index contributed by atoms with van der Waals surface area (Å²) in [5.41, 5.74) is 0.590. The van der Waals surface area contributed by atoms with E-state index in [1.807, 2.05) is 0 Å². The van der Waals surface area contributed by atoms with Crippen LogP contribution in [-0.4, -0.2) is 20.4 Å². The van der Waals surface area contributed by atoms with E-state index in [0.29, 0.717) is 17.0 Å². The van der Waals surface area contributed by atoms with E-state index in [9.17, 15) is 0 Å². The second kappa shape index (κ2) is 2.30. The first kappa shape index (κ1) is 5.81. The van der Waals surface area contributed by atoms with Gasteiger partial charge in [0, 0.05) is 6.42 Å². The number of nitrogens with zero attached hydrogens (tertiary/aromatic N) is 3. The topological polar surface area (TPSA) is 50.9 Å². The molecule has 0 saturated carbocycles. The molecule has 0 fully saturated rings. The molecule has 1 radical (unpaired) electrons. The molecule has 0 aromatic carbocycles. The van der Waals surface area contributed by atoms with Gasteiger partial charge in [-0.1, -0.05) is 10.9 Å². The summed E-state index contributed by atoms with van der Waals surface area (Å²) in [6, 6.07) is 0. The van der Waals surface area contributed by atoms with Crippen LogP contribution in [0.25, 0.3) is 0 Å². The lowest BCUT2D eigenvalue weighted by molar-refractivity contribution is 0.140. The van der Waals surface area contributed by atoms with Crippen molar-refractivity contribution in [2.45, 2.75) is 6.42 Å². The average molecular weight is 124 g/mol. The maximum absolute atomic E-state index is 8.53. The summed E-state index contributed by atoms with van der Waals surface area (Å²) in [5.74, 6) is 0. The van der Waals surface area contributed by atoms with Crippen LogP contribution in [0.1, 0.15) is 5.69 Å². The van der Waals surface area contributed by atoms with Crippen molar-refractivity contribution in [3.8, 4) is 0 Å². The Bertz CT molecular complexity index is 206. The second-order valence-corrected chi connectivity index (χ2v) is 1.53. The third kappa shape index (κ3) is 1.28. The van der Waals surface area contributed by atoms with Gasteiger partial charge in [0.05, 0.1) is 0 Å². The Balaban J connectivity index is 2.72. The van der Waals surface area contributed by atoms with Crippen LogP contribution < -0.4 is 0 Å². The van der Waals surface area contributed by atoms with Gasteiger partial charge >= 0.3 is 0 Å². The van der Waals surface area contributed by atoms with Gasteiger partial charge in [-0.05, 0) is 5.21 Å². The largest absolute Gasteiger partial charge is 0.410 e. The van der Waals surface area contributed by atoms with Gasteiger partial charge < -0.3 is 5.21 Å². The third-order valence-corrected chi connectivity index (χ3v) is 0.817. The van der Waals surface area contributed by atoms with Gasteiger partial charge in [-0.25, -0.2) is 0 Å². The summed E-state index contributed by atoms with van der Waals surface area (Å²) in [7, 11) is 0. The van der Waals surface area contributed by atoms with Crippen molar-refractivity contribution >= 4 is 0 Å². The maximum atomic E-state index is 8.53. The summed E-state index contributed by atoms with van der Waals surface area (Å²) >= 11 is 0. The highest BCUT2D eigenvalue weighted by molar-refractivity contribution is 4.95.